The molecule has 0 aromatic carbocycles. The molecule has 1 aliphatic rings. The molecular formula is C4H9KO3S. The second kappa shape index (κ2) is 3.80. The zero-order chi connectivity index (χ0) is 6.20. The summed E-state index contributed by atoms with van der Waals surface area (Å²) in [4.78, 5) is 0. The summed E-state index contributed by atoms with van der Waals surface area (Å²) in [6.07, 6.45) is 2.21. The number of rotatable bonds is 1. The first-order valence-corrected chi connectivity index (χ1v) is 4.07. The van der Waals surface area contributed by atoms with Gasteiger partial charge >= 0.3 is 51.4 Å². The molecule has 3 nitrogen and oxygen atoms in total. The summed E-state index contributed by atoms with van der Waals surface area (Å²) in [7, 11) is -3.67. The third kappa shape index (κ3) is 2.96. The van der Waals surface area contributed by atoms with Crippen LogP contribution in [-0.2, 0) is 10.1 Å². The third-order valence-electron chi connectivity index (χ3n) is 1.47. The van der Waals surface area contributed by atoms with Crippen molar-refractivity contribution < 1.29 is 13.0 Å². The molecule has 0 amide bonds. The van der Waals surface area contributed by atoms with Crippen LogP contribution in [0.5, 0.6) is 0 Å². The predicted octanol–water partition coefficient (Wildman–Crippen LogP) is -0.222. The SMILES string of the molecule is O=S(=O)(O)C1CCC1.[KH]. The van der Waals surface area contributed by atoms with Crippen molar-refractivity contribution in [3.63, 3.8) is 0 Å². The van der Waals surface area contributed by atoms with Gasteiger partial charge in [0, 0.05) is 0 Å². The molecule has 0 atom stereocenters. The van der Waals surface area contributed by atoms with Crippen molar-refractivity contribution in [1.29, 1.82) is 0 Å². The van der Waals surface area contributed by atoms with Gasteiger partial charge in [-0.25, -0.2) is 0 Å². The van der Waals surface area contributed by atoms with E-state index in [0.29, 0.717) is 12.8 Å². The summed E-state index contributed by atoms with van der Waals surface area (Å²) < 4.78 is 28.6. The molecule has 0 aromatic rings. The van der Waals surface area contributed by atoms with Gasteiger partial charge in [-0.2, -0.15) is 8.42 Å². The third-order valence-corrected chi connectivity index (χ3v) is 2.79. The molecule has 0 radical (unpaired) electrons. The molecule has 0 heterocycles. The van der Waals surface area contributed by atoms with E-state index in [1.807, 2.05) is 0 Å². The summed E-state index contributed by atoms with van der Waals surface area (Å²) >= 11 is 0. The Kier molecular flexibility index (Phi) is 4.45. The second-order valence-corrected chi connectivity index (χ2v) is 3.76. The Labute approximate surface area is 97.4 Å². The molecule has 5 heteroatoms. The quantitative estimate of drug-likeness (QED) is 0.444. The molecule has 50 valence electrons. The Balaban J connectivity index is 0.000000640. The maximum atomic E-state index is 10.2. The number of hydrogen-bond acceptors (Lipinski definition) is 2. The average Bonchev–Trinajstić information content (AvgIpc) is 1.16. The van der Waals surface area contributed by atoms with E-state index in [1.54, 1.807) is 0 Å². The monoisotopic (exact) mass is 176 g/mol. The summed E-state index contributed by atoms with van der Waals surface area (Å²) in [6, 6.07) is 0. The topological polar surface area (TPSA) is 54.4 Å². The van der Waals surface area contributed by atoms with Gasteiger partial charge in [-0.05, 0) is 12.8 Å². The summed E-state index contributed by atoms with van der Waals surface area (Å²) in [5.74, 6) is 0. The van der Waals surface area contributed by atoms with Crippen LogP contribution in [0.15, 0.2) is 0 Å². The Hall–Kier alpha value is 1.55. The van der Waals surface area contributed by atoms with Crippen LogP contribution in [0.4, 0.5) is 0 Å². The van der Waals surface area contributed by atoms with E-state index in [1.165, 1.54) is 0 Å². The first kappa shape index (κ1) is 10.5. The van der Waals surface area contributed by atoms with Crippen molar-refractivity contribution in [2.75, 3.05) is 0 Å². The summed E-state index contributed by atoms with van der Waals surface area (Å²) in [5.41, 5.74) is 0. The van der Waals surface area contributed by atoms with Crippen LogP contribution in [0.3, 0.4) is 0 Å². The molecule has 1 fully saturated rings. The van der Waals surface area contributed by atoms with Gasteiger partial charge in [-0.1, -0.05) is 6.42 Å². The van der Waals surface area contributed by atoms with Gasteiger partial charge in [-0.15, -0.1) is 0 Å². The van der Waals surface area contributed by atoms with Crippen molar-refractivity contribution in [3.05, 3.63) is 0 Å². The molecular weight excluding hydrogens is 167 g/mol. The molecule has 1 rings (SSSR count). The van der Waals surface area contributed by atoms with Gasteiger partial charge in [0.25, 0.3) is 10.1 Å². The fourth-order valence-electron chi connectivity index (χ4n) is 0.669. The predicted molar refractivity (Wildman–Crippen MR) is 36.3 cm³/mol. The first-order valence-electron chi connectivity index (χ1n) is 2.57. The van der Waals surface area contributed by atoms with Gasteiger partial charge in [0.05, 0.1) is 5.25 Å². The van der Waals surface area contributed by atoms with Crippen molar-refractivity contribution in [1.82, 2.24) is 0 Å². The van der Waals surface area contributed by atoms with E-state index in [4.69, 9.17) is 4.55 Å². The zero-order valence-electron chi connectivity index (χ0n) is 4.37. The van der Waals surface area contributed by atoms with Gasteiger partial charge < -0.3 is 0 Å². The standard InChI is InChI=1S/C4H8O3S.K.H/c5-8(6,7)4-2-1-3-4;;/h4H,1-3H2,(H,5,6,7);;. The van der Waals surface area contributed by atoms with Crippen LogP contribution < -0.4 is 0 Å². The second-order valence-electron chi connectivity index (χ2n) is 2.07. The van der Waals surface area contributed by atoms with Gasteiger partial charge in [0.2, 0.25) is 0 Å². The molecule has 1 N–H and O–H groups in total. The van der Waals surface area contributed by atoms with Crippen molar-refractivity contribution in [3.8, 4) is 0 Å². The van der Waals surface area contributed by atoms with Gasteiger partial charge in [0.15, 0.2) is 0 Å². The molecule has 0 saturated heterocycles. The fraction of sp³-hybridized carbons (Fsp3) is 1.00. The van der Waals surface area contributed by atoms with Crippen LogP contribution >= 0.6 is 0 Å². The number of hydrogen-bond donors (Lipinski definition) is 1. The normalized spacial score (nSPS) is 20.1. The molecule has 0 aliphatic heterocycles. The van der Waals surface area contributed by atoms with Crippen LogP contribution in [0.1, 0.15) is 19.3 Å². The van der Waals surface area contributed by atoms with Crippen molar-refractivity contribution in [2.45, 2.75) is 24.5 Å². The zero-order valence-corrected chi connectivity index (χ0v) is 5.19. The Morgan fingerprint density at radius 1 is 1.33 bits per heavy atom. The maximum absolute atomic E-state index is 10.2. The molecule has 0 bridgehead atoms. The van der Waals surface area contributed by atoms with E-state index in [2.05, 4.69) is 0 Å². The average molecular weight is 176 g/mol. The Morgan fingerprint density at radius 2 is 1.78 bits per heavy atom. The molecule has 9 heavy (non-hydrogen) atoms. The van der Waals surface area contributed by atoms with Crippen LogP contribution in [-0.4, -0.2) is 69.6 Å². The molecule has 0 aromatic heterocycles. The van der Waals surface area contributed by atoms with E-state index >= 15 is 0 Å². The van der Waals surface area contributed by atoms with Crippen molar-refractivity contribution >= 4 is 61.5 Å². The van der Waals surface area contributed by atoms with E-state index in [9.17, 15) is 8.42 Å². The van der Waals surface area contributed by atoms with Gasteiger partial charge in [0.1, 0.15) is 0 Å². The van der Waals surface area contributed by atoms with Gasteiger partial charge in [-0.3, -0.25) is 4.55 Å². The fourth-order valence-corrected chi connectivity index (χ4v) is 1.60. The molecule has 1 saturated carbocycles. The van der Waals surface area contributed by atoms with E-state index in [-0.39, 0.29) is 51.4 Å². The molecule has 1 aliphatic carbocycles. The Bertz CT molecular complexity index is 170. The van der Waals surface area contributed by atoms with Crippen molar-refractivity contribution in [2.24, 2.45) is 0 Å². The summed E-state index contributed by atoms with van der Waals surface area (Å²) in [5, 5.41) is -0.442. The molecule has 0 spiro atoms. The minimum atomic E-state index is -3.67. The molecule has 0 unspecified atom stereocenters. The van der Waals surface area contributed by atoms with Crippen LogP contribution in [0.2, 0.25) is 0 Å². The van der Waals surface area contributed by atoms with E-state index < -0.39 is 15.4 Å². The van der Waals surface area contributed by atoms with Crippen LogP contribution in [0, 0.1) is 0 Å². The Morgan fingerprint density at radius 3 is 1.78 bits per heavy atom. The van der Waals surface area contributed by atoms with Crippen LogP contribution in [0.25, 0.3) is 0 Å². The van der Waals surface area contributed by atoms with E-state index in [0.717, 1.165) is 6.42 Å². The minimum absolute atomic E-state index is 0. The summed E-state index contributed by atoms with van der Waals surface area (Å²) in [6.45, 7) is 0. The first-order chi connectivity index (χ1) is 3.61.